The van der Waals surface area contributed by atoms with Crippen molar-refractivity contribution in [3.8, 4) is 0 Å². The van der Waals surface area contributed by atoms with Gasteiger partial charge in [-0.3, -0.25) is 9.80 Å². The molecule has 84 valence electrons. The number of hydrogen-bond acceptors (Lipinski definition) is 4. The molecule has 1 atom stereocenters. The number of nitrogens with zero attached hydrogens (tertiary/aromatic N) is 2. The second-order valence-electron chi connectivity index (χ2n) is 3.77. The van der Waals surface area contributed by atoms with Gasteiger partial charge in [-0.2, -0.15) is 0 Å². The van der Waals surface area contributed by atoms with Gasteiger partial charge in [-0.25, -0.2) is 0 Å². The van der Waals surface area contributed by atoms with Crippen LogP contribution in [0.25, 0.3) is 0 Å². The fraction of sp³-hybridized carbons (Fsp3) is 1.00. The Morgan fingerprint density at radius 1 is 1.29 bits per heavy atom. The summed E-state index contributed by atoms with van der Waals surface area (Å²) in [5.41, 5.74) is 0. The molecule has 0 radical (unpaired) electrons. The molecule has 0 aromatic heterocycles. The summed E-state index contributed by atoms with van der Waals surface area (Å²) in [4.78, 5) is 4.83. The maximum atomic E-state index is 8.76. The van der Waals surface area contributed by atoms with Crippen LogP contribution in [-0.2, 0) is 4.74 Å². The topological polar surface area (TPSA) is 35.9 Å². The molecule has 0 aliphatic carbocycles. The van der Waals surface area contributed by atoms with E-state index in [1.54, 1.807) is 7.11 Å². The Morgan fingerprint density at radius 2 is 1.93 bits per heavy atom. The second kappa shape index (κ2) is 6.35. The van der Waals surface area contributed by atoms with Crippen LogP contribution in [0.5, 0.6) is 0 Å². The van der Waals surface area contributed by atoms with Gasteiger partial charge in [0.1, 0.15) is 0 Å². The lowest BCUT2D eigenvalue weighted by molar-refractivity contribution is 0.105. The SMILES string of the molecule is COCCN1CCN(CCCO)C1C. The van der Waals surface area contributed by atoms with Crippen molar-refractivity contribution in [3.05, 3.63) is 0 Å². The summed E-state index contributed by atoms with van der Waals surface area (Å²) in [6, 6.07) is 0. The fourth-order valence-corrected chi connectivity index (χ4v) is 1.94. The van der Waals surface area contributed by atoms with Gasteiger partial charge in [0.25, 0.3) is 0 Å². The molecule has 4 heteroatoms. The van der Waals surface area contributed by atoms with Gasteiger partial charge in [0.05, 0.1) is 12.8 Å². The minimum Gasteiger partial charge on any atom is -0.396 e. The van der Waals surface area contributed by atoms with Crippen molar-refractivity contribution in [1.82, 2.24) is 9.80 Å². The van der Waals surface area contributed by atoms with Crippen LogP contribution >= 0.6 is 0 Å². The van der Waals surface area contributed by atoms with Gasteiger partial charge in [0.15, 0.2) is 0 Å². The molecule has 0 spiro atoms. The third-order valence-corrected chi connectivity index (χ3v) is 2.92. The van der Waals surface area contributed by atoms with E-state index >= 15 is 0 Å². The van der Waals surface area contributed by atoms with Crippen molar-refractivity contribution >= 4 is 0 Å². The number of methoxy groups -OCH3 is 1. The molecular formula is C10H22N2O2. The van der Waals surface area contributed by atoms with Crippen molar-refractivity contribution in [2.75, 3.05) is 46.5 Å². The molecule has 4 nitrogen and oxygen atoms in total. The Morgan fingerprint density at radius 3 is 2.50 bits per heavy atom. The van der Waals surface area contributed by atoms with Crippen LogP contribution in [0.2, 0.25) is 0 Å². The van der Waals surface area contributed by atoms with E-state index in [0.29, 0.717) is 12.8 Å². The molecule has 0 amide bonds. The number of rotatable bonds is 6. The average Bonchev–Trinajstić information content (AvgIpc) is 2.54. The predicted molar refractivity (Wildman–Crippen MR) is 56.2 cm³/mol. The molecular weight excluding hydrogens is 180 g/mol. The van der Waals surface area contributed by atoms with Crippen LogP contribution in [-0.4, -0.2) is 67.6 Å². The molecule has 0 bridgehead atoms. The minimum atomic E-state index is 0.293. The normalized spacial score (nSPS) is 24.6. The summed E-state index contributed by atoms with van der Waals surface area (Å²) >= 11 is 0. The maximum absolute atomic E-state index is 8.76. The molecule has 1 aliphatic heterocycles. The van der Waals surface area contributed by atoms with Gasteiger partial charge in [0, 0.05) is 39.9 Å². The van der Waals surface area contributed by atoms with Crippen LogP contribution in [0.3, 0.4) is 0 Å². The predicted octanol–water partition coefficient (Wildman–Crippen LogP) is -0.0212. The molecule has 1 heterocycles. The average molecular weight is 202 g/mol. The molecule has 0 aromatic rings. The first-order valence-corrected chi connectivity index (χ1v) is 5.37. The quantitative estimate of drug-likeness (QED) is 0.656. The van der Waals surface area contributed by atoms with E-state index in [4.69, 9.17) is 9.84 Å². The Labute approximate surface area is 86.4 Å². The highest BCUT2D eigenvalue weighted by atomic mass is 16.5. The lowest BCUT2D eigenvalue weighted by Crippen LogP contribution is -2.38. The van der Waals surface area contributed by atoms with E-state index < -0.39 is 0 Å². The van der Waals surface area contributed by atoms with Crippen LogP contribution in [0.1, 0.15) is 13.3 Å². The zero-order chi connectivity index (χ0) is 10.4. The molecule has 0 saturated carbocycles. The van der Waals surface area contributed by atoms with E-state index in [0.717, 1.165) is 39.2 Å². The highest BCUT2D eigenvalue weighted by molar-refractivity contribution is 4.78. The van der Waals surface area contributed by atoms with Crippen LogP contribution in [0, 0.1) is 0 Å². The minimum absolute atomic E-state index is 0.293. The maximum Gasteiger partial charge on any atom is 0.0595 e. The molecule has 1 fully saturated rings. The molecule has 1 rings (SSSR count). The molecule has 1 unspecified atom stereocenters. The molecule has 1 N–H and O–H groups in total. The van der Waals surface area contributed by atoms with E-state index in [2.05, 4.69) is 16.7 Å². The largest absolute Gasteiger partial charge is 0.396 e. The van der Waals surface area contributed by atoms with E-state index in [1.165, 1.54) is 0 Å². The smallest absolute Gasteiger partial charge is 0.0595 e. The number of aliphatic hydroxyl groups excluding tert-OH is 1. The Hall–Kier alpha value is -0.160. The van der Waals surface area contributed by atoms with E-state index in [1.807, 2.05) is 0 Å². The Balaban J connectivity index is 2.24. The zero-order valence-electron chi connectivity index (χ0n) is 9.28. The third-order valence-electron chi connectivity index (χ3n) is 2.92. The van der Waals surface area contributed by atoms with Gasteiger partial charge in [-0.05, 0) is 13.3 Å². The molecule has 0 aromatic carbocycles. The summed E-state index contributed by atoms with van der Waals surface area (Å²) in [6.45, 7) is 7.56. The lowest BCUT2D eigenvalue weighted by atomic mass is 10.4. The first kappa shape index (κ1) is 11.9. The number of hydrogen-bond donors (Lipinski definition) is 1. The summed E-state index contributed by atoms with van der Waals surface area (Å²) in [5, 5.41) is 8.76. The van der Waals surface area contributed by atoms with Crippen molar-refractivity contribution in [2.24, 2.45) is 0 Å². The monoisotopic (exact) mass is 202 g/mol. The summed E-state index contributed by atoms with van der Waals surface area (Å²) in [7, 11) is 1.74. The first-order chi connectivity index (χ1) is 6.79. The highest BCUT2D eigenvalue weighted by Gasteiger charge is 2.26. The Bertz CT molecular complexity index is 139. The molecule has 14 heavy (non-hydrogen) atoms. The Kier molecular flexibility index (Phi) is 5.40. The highest BCUT2D eigenvalue weighted by Crippen LogP contribution is 2.13. The van der Waals surface area contributed by atoms with Crippen LogP contribution in [0.4, 0.5) is 0 Å². The van der Waals surface area contributed by atoms with Crippen molar-refractivity contribution in [3.63, 3.8) is 0 Å². The summed E-state index contributed by atoms with van der Waals surface area (Å²) in [5.74, 6) is 0. The van der Waals surface area contributed by atoms with Crippen LogP contribution in [0.15, 0.2) is 0 Å². The summed E-state index contributed by atoms with van der Waals surface area (Å²) < 4.78 is 5.07. The van der Waals surface area contributed by atoms with Gasteiger partial charge in [-0.15, -0.1) is 0 Å². The number of ether oxygens (including phenoxy) is 1. The van der Waals surface area contributed by atoms with Gasteiger partial charge < -0.3 is 9.84 Å². The van der Waals surface area contributed by atoms with Gasteiger partial charge in [-0.1, -0.05) is 0 Å². The first-order valence-electron chi connectivity index (χ1n) is 5.37. The van der Waals surface area contributed by atoms with Crippen molar-refractivity contribution in [1.29, 1.82) is 0 Å². The standard InChI is InChI=1S/C10H22N2O2/c1-10-11(4-3-8-13)5-6-12(10)7-9-14-2/h10,13H,3-9H2,1-2H3. The van der Waals surface area contributed by atoms with Crippen molar-refractivity contribution < 1.29 is 9.84 Å². The van der Waals surface area contributed by atoms with Crippen molar-refractivity contribution in [2.45, 2.75) is 19.5 Å². The van der Waals surface area contributed by atoms with E-state index in [-0.39, 0.29) is 0 Å². The summed E-state index contributed by atoms with van der Waals surface area (Å²) in [6.07, 6.45) is 1.37. The van der Waals surface area contributed by atoms with Gasteiger partial charge in [0.2, 0.25) is 0 Å². The fourth-order valence-electron chi connectivity index (χ4n) is 1.94. The van der Waals surface area contributed by atoms with Crippen LogP contribution < -0.4 is 0 Å². The molecule has 1 saturated heterocycles. The second-order valence-corrected chi connectivity index (χ2v) is 3.77. The lowest BCUT2D eigenvalue weighted by Gasteiger charge is -2.26. The number of aliphatic hydroxyl groups is 1. The third kappa shape index (κ3) is 3.20. The zero-order valence-corrected chi connectivity index (χ0v) is 9.28. The molecule has 1 aliphatic rings. The van der Waals surface area contributed by atoms with E-state index in [9.17, 15) is 0 Å². The van der Waals surface area contributed by atoms with Gasteiger partial charge >= 0.3 is 0 Å².